The van der Waals surface area contributed by atoms with Gasteiger partial charge in [-0.05, 0) is 42.8 Å². The molecule has 0 spiro atoms. The molecular formula is C21H23NO6. The Kier molecular flexibility index (Phi) is 5.73. The molecule has 2 aromatic rings. The summed E-state index contributed by atoms with van der Waals surface area (Å²) in [5, 5.41) is 12.2. The number of rotatable bonds is 6. The van der Waals surface area contributed by atoms with E-state index in [1.54, 1.807) is 49.4 Å². The first-order valence-corrected chi connectivity index (χ1v) is 9.00. The van der Waals surface area contributed by atoms with Gasteiger partial charge in [0, 0.05) is 12.0 Å². The van der Waals surface area contributed by atoms with Crippen LogP contribution >= 0.6 is 0 Å². The Morgan fingerprint density at radius 3 is 2.61 bits per heavy atom. The van der Waals surface area contributed by atoms with Crippen LogP contribution in [0.25, 0.3) is 0 Å². The average molecular weight is 385 g/mol. The van der Waals surface area contributed by atoms with Crippen LogP contribution in [0.1, 0.15) is 35.7 Å². The molecule has 1 heterocycles. The van der Waals surface area contributed by atoms with Crippen LogP contribution in [0.4, 0.5) is 0 Å². The standard InChI is InChI=1S/C21H23NO6/c1-21(13-19(23)24,15-5-3-6-16(12-15)26-2)22-20(25)14-7-8-17-18(11-14)28-10-4-9-27-17/h3,5-8,11-12H,4,9-10,13H2,1-2H3,(H,22,25)(H,23,24). The van der Waals surface area contributed by atoms with Crippen molar-refractivity contribution in [1.29, 1.82) is 0 Å². The van der Waals surface area contributed by atoms with E-state index < -0.39 is 17.4 Å². The number of fused-ring (bicyclic) bond motifs is 1. The Morgan fingerprint density at radius 1 is 1.14 bits per heavy atom. The zero-order chi connectivity index (χ0) is 20.1. The molecule has 0 saturated carbocycles. The Labute approximate surface area is 163 Å². The number of nitrogens with one attached hydrogen (secondary N) is 1. The molecule has 7 heteroatoms. The number of benzene rings is 2. The summed E-state index contributed by atoms with van der Waals surface area (Å²) in [6, 6.07) is 11.9. The van der Waals surface area contributed by atoms with Gasteiger partial charge < -0.3 is 24.6 Å². The third kappa shape index (κ3) is 4.36. The van der Waals surface area contributed by atoms with Gasteiger partial charge in [-0.3, -0.25) is 9.59 Å². The van der Waals surface area contributed by atoms with Crippen molar-refractivity contribution < 1.29 is 28.9 Å². The van der Waals surface area contributed by atoms with Gasteiger partial charge in [-0.2, -0.15) is 0 Å². The van der Waals surface area contributed by atoms with Gasteiger partial charge >= 0.3 is 5.97 Å². The van der Waals surface area contributed by atoms with Crippen molar-refractivity contribution >= 4 is 11.9 Å². The number of carbonyl (C=O) groups excluding carboxylic acids is 1. The van der Waals surface area contributed by atoms with Crippen LogP contribution in [-0.2, 0) is 10.3 Å². The predicted octanol–water partition coefficient (Wildman–Crippen LogP) is 2.98. The minimum atomic E-state index is -1.12. The van der Waals surface area contributed by atoms with Gasteiger partial charge in [-0.15, -0.1) is 0 Å². The smallest absolute Gasteiger partial charge is 0.306 e. The van der Waals surface area contributed by atoms with Crippen LogP contribution < -0.4 is 19.5 Å². The van der Waals surface area contributed by atoms with Crippen molar-refractivity contribution in [3.63, 3.8) is 0 Å². The summed E-state index contributed by atoms with van der Waals surface area (Å²) in [6.07, 6.45) is 0.485. The topological polar surface area (TPSA) is 94.1 Å². The quantitative estimate of drug-likeness (QED) is 0.794. The third-order valence-corrected chi connectivity index (χ3v) is 4.61. The molecule has 1 aliphatic rings. The molecule has 2 N–H and O–H groups in total. The lowest BCUT2D eigenvalue weighted by Crippen LogP contribution is -2.45. The molecular weight excluding hydrogens is 362 g/mol. The van der Waals surface area contributed by atoms with Crippen LogP contribution in [0.3, 0.4) is 0 Å². The molecule has 0 radical (unpaired) electrons. The van der Waals surface area contributed by atoms with Crippen molar-refractivity contribution in [3.8, 4) is 17.2 Å². The van der Waals surface area contributed by atoms with Crippen LogP contribution in [-0.4, -0.2) is 37.3 Å². The molecule has 3 rings (SSSR count). The van der Waals surface area contributed by atoms with Crippen LogP contribution in [0.5, 0.6) is 17.2 Å². The van der Waals surface area contributed by atoms with Crippen molar-refractivity contribution in [1.82, 2.24) is 5.32 Å². The summed E-state index contributed by atoms with van der Waals surface area (Å²) in [5.41, 5.74) is -0.123. The number of carboxylic acid groups (broad SMARTS) is 1. The molecule has 1 unspecified atom stereocenters. The van der Waals surface area contributed by atoms with Crippen LogP contribution in [0.2, 0.25) is 0 Å². The second-order valence-corrected chi connectivity index (χ2v) is 6.80. The van der Waals surface area contributed by atoms with E-state index >= 15 is 0 Å². The van der Waals surface area contributed by atoms with Gasteiger partial charge in [0.1, 0.15) is 5.75 Å². The minimum absolute atomic E-state index is 0.281. The number of methoxy groups -OCH3 is 1. The summed E-state index contributed by atoms with van der Waals surface area (Å²) in [6.45, 7) is 2.75. The van der Waals surface area contributed by atoms with Crippen molar-refractivity contribution in [3.05, 3.63) is 53.6 Å². The molecule has 0 bridgehead atoms. The van der Waals surface area contributed by atoms with Gasteiger partial charge in [0.05, 0.1) is 32.3 Å². The fourth-order valence-corrected chi connectivity index (χ4v) is 3.11. The lowest BCUT2D eigenvalue weighted by Gasteiger charge is -2.30. The van der Waals surface area contributed by atoms with E-state index in [0.29, 0.717) is 41.6 Å². The van der Waals surface area contributed by atoms with E-state index in [-0.39, 0.29) is 6.42 Å². The fraction of sp³-hybridized carbons (Fsp3) is 0.333. The third-order valence-electron chi connectivity index (χ3n) is 4.61. The summed E-state index contributed by atoms with van der Waals surface area (Å²) < 4.78 is 16.4. The van der Waals surface area contributed by atoms with Gasteiger partial charge in [-0.1, -0.05) is 12.1 Å². The number of carbonyl (C=O) groups is 2. The van der Waals surface area contributed by atoms with E-state index in [9.17, 15) is 14.7 Å². The molecule has 1 amide bonds. The molecule has 7 nitrogen and oxygen atoms in total. The maximum Gasteiger partial charge on any atom is 0.306 e. The van der Waals surface area contributed by atoms with Crippen LogP contribution in [0.15, 0.2) is 42.5 Å². The molecule has 148 valence electrons. The number of amides is 1. The number of hydrogen-bond donors (Lipinski definition) is 2. The maximum absolute atomic E-state index is 12.9. The largest absolute Gasteiger partial charge is 0.497 e. The Balaban J connectivity index is 1.89. The predicted molar refractivity (Wildman–Crippen MR) is 102 cm³/mol. The van der Waals surface area contributed by atoms with Gasteiger partial charge in [-0.25, -0.2) is 0 Å². The highest BCUT2D eigenvalue weighted by Crippen LogP contribution is 2.32. The van der Waals surface area contributed by atoms with Crippen molar-refractivity contribution in [2.45, 2.75) is 25.3 Å². The number of aliphatic carboxylic acids is 1. The molecule has 1 atom stereocenters. The highest BCUT2D eigenvalue weighted by Gasteiger charge is 2.32. The Hall–Kier alpha value is -3.22. The number of ether oxygens (including phenoxy) is 3. The molecule has 0 fully saturated rings. The molecule has 0 saturated heterocycles. The minimum Gasteiger partial charge on any atom is -0.497 e. The van der Waals surface area contributed by atoms with E-state index in [1.165, 1.54) is 7.11 Å². The second-order valence-electron chi connectivity index (χ2n) is 6.80. The molecule has 2 aromatic carbocycles. The lowest BCUT2D eigenvalue weighted by molar-refractivity contribution is -0.138. The summed E-state index contributed by atoms with van der Waals surface area (Å²) >= 11 is 0. The zero-order valence-electron chi connectivity index (χ0n) is 15.9. The monoisotopic (exact) mass is 385 g/mol. The summed E-state index contributed by atoms with van der Waals surface area (Å²) in [5.74, 6) is 0.257. The fourth-order valence-electron chi connectivity index (χ4n) is 3.11. The number of carboxylic acids is 1. The average Bonchev–Trinajstić information content (AvgIpc) is 2.92. The first-order chi connectivity index (χ1) is 13.4. The second kappa shape index (κ2) is 8.21. The summed E-state index contributed by atoms with van der Waals surface area (Å²) in [4.78, 5) is 24.4. The molecule has 0 aliphatic carbocycles. The zero-order valence-corrected chi connectivity index (χ0v) is 15.9. The van der Waals surface area contributed by atoms with E-state index in [4.69, 9.17) is 14.2 Å². The van der Waals surface area contributed by atoms with Crippen molar-refractivity contribution in [2.24, 2.45) is 0 Å². The first-order valence-electron chi connectivity index (χ1n) is 9.00. The number of hydrogen-bond acceptors (Lipinski definition) is 5. The van der Waals surface area contributed by atoms with E-state index in [2.05, 4.69) is 5.32 Å². The highest BCUT2D eigenvalue weighted by atomic mass is 16.5. The highest BCUT2D eigenvalue weighted by molar-refractivity contribution is 5.95. The Morgan fingerprint density at radius 2 is 1.89 bits per heavy atom. The van der Waals surface area contributed by atoms with Gasteiger partial charge in [0.2, 0.25) is 0 Å². The normalized spacial score (nSPS) is 15.1. The lowest BCUT2D eigenvalue weighted by atomic mass is 9.88. The van der Waals surface area contributed by atoms with Gasteiger partial charge in [0.25, 0.3) is 5.91 Å². The van der Waals surface area contributed by atoms with E-state index in [0.717, 1.165) is 6.42 Å². The van der Waals surface area contributed by atoms with E-state index in [1.807, 2.05) is 0 Å². The summed E-state index contributed by atoms with van der Waals surface area (Å²) in [7, 11) is 1.53. The van der Waals surface area contributed by atoms with Gasteiger partial charge in [0.15, 0.2) is 11.5 Å². The Bertz CT molecular complexity index is 881. The van der Waals surface area contributed by atoms with Crippen molar-refractivity contribution in [2.75, 3.05) is 20.3 Å². The SMILES string of the molecule is COc1cccc(C(C)(CC(=O)O)NC(=O)c2ccc3c(c2)OCCCO3)c1. The molecule has 1 aliphatic heterocycles. The maximum atomic E-state index is 12.9. The molecule has 28 heavy (non-hydrogen) atoms. The van der Waals surface area contributed by atoms with Crippen LogP contribution in [0, 0.1) is 0 Å². The molecule has 0 aromatic heterocycles. The first kappa shape index (κ1) is 19.5.